The van der Waals surface area contributed by atoms with Crippen LogP contribution in [0.4, 0.5) is 0 Å². The molecule has 0 saturated heterocycles. The molecule has 2 rings (SSSR count). The molecule has 1 aliphatic heterocycles. The normalized spacial score (nSPS) is 17.8. The number of nitrogens with zero attached hydrogens (tertiary/aromatic N) is 1. The van der Waals surface area contributed by atoms with Crippen LogP contribution in [0.3, 0.4) is 0 Å². The highest BCUT2D eigenvalue weighted by Gasteiger charge is 2.39. The van der Waals surface area contributed by atoms with Gasteiger partial charge in [0.15, 0.2) is 5.75 Å². The fourth-order valence-electron chi connectivity index (χ4n) is 1.90. The SMILES string of the molecule is CNC1=C([N+](=O)[O-])C(SC)c2cc(Cl)cc(Cl)c2O1. The van der Waals surface area contributed by atoms with Crippen molar-refractivity contribution in [3.05, 3.63) is 49.4 Å². The number of hydrogen-bond acceptors (Lipinski definition) is 5. The Hall–Kier alpha value is -1.11. The fourth-order valence-corrected chi connectivity index (χ4v) is 3.29. The van der Waals surface area contributed by atoms with Crippen LogP contribution in [0.1, 0.15) is 10.8 Å². The molecule has 5 nitrogen and oxygen atoms in total. The van der Waals surface area contributed by atoms with Crippen molar-refractivity contribution in [3.8, 4) is 5.75 Å². The van der Waals surface area contributed by atoms with Crippen molar-refractivity contribution in [2.45, 2.75) is 5.25 Å². The van der Waals surface area contributed by atoms with Crippen LogP contribution in [0, 0.1) is 10.1 Å². The number of thioether (sulfide) groups is 1. The van der Waals surface area contributed by atoms with E-state index in [-0.39, 0.29) is 11.6 Å². The Morgan fingerprint density at radius 2 is 2.16 bits per heavy atom. The highest BCUT2D eigenvalue weighted by molar-refractivity contribution is 7.99. The number of nitrogens with one attached hydrogen (secondary N) is 1. The Morgan fingerprint density at radius 3 is 2.68 bits per heavy atom. The molecule has 0 fully saturated rings. The minimum absolute atomic E-state index is 0.0409. The van der Waals surface area contributed by atoms with E-state index < -0.39 is 10.2 Å². The number of halogens is 2. The molecule has 1 N–H and O–H groups in total. The van der Waals surface area contributed by atoms with Gasteiger partial charge in [0.1, 0.15) is 5.25 Å². The third kappa shape index (κ3) is 2.48. The molecule has 0 aliphatic carbocycles. The standard InChI is InChI=1S/C11H10Cl2N2O3S/c1-14-11-8(15(16)17)10(19-2)6-3-5(12)4-7(13)9(6)18-11/h3-4,10,14H,1-2H3. The van der Waals surface area contributed by atoms with E-state index in [9.17, 15) is 10.1 Å². The van der Waals surface area contributed by atoms with Crippen LogP contribution < -0.4 is 10.1 Å². The Labute approximate surface area is 124 Å². The molecule has 0 spiro atoms. The van der Waals surface area contributed by atoms with E-state index in [1.165, 1.54) is 11.8 Å². The molecule has 1 atom stereocenters. The van der Waals surface area contributed by atoms with Crippen LogP contribution in [0.25, 0.3) is 0 Å². The second-order valence-electron chi connectivity index (χ2n) is 3.75. The Bertz CT molecular complexity index is 577. The average Bonchev–Trinajstić information content (AvgIpc) is 2.36. The number of rotatable bonds is 3. The minimum atomic E-state index is -0.489. The molecule has 8 heteroatoms. The maximum Gasteiger partial charge on any atom is 0.323 e. The quantitative estimate of drug-likeness (QED) is 0.682. The first-order valence-electron chi connectivity index (χ1n) is 5.25. The predicted octanol–water partition coefficient (Wildman–Crippen LogP) is 3.46. The van der Waals surface area contributed by atoms with Gasteiger partial charge in [-0.2, -0.15) is 0 Å². The molecule has 102 valence electrons. The summed E-state index contributed by atoms with van der Waals surface area (Å²) in [5.74, 6) is 0.501. The van der Waals surface area contributed by atoms with Crippen molar-refractivity contribution in [1.29, 1.82) is 0 Å². The number of fused-ring (bicyclic) bond motifs is 1. The van der Waals surface area contributed by atoms with Crippen molar-refractivity contribution in [2.24, 2.45) is 0 Å². The number of ether oxygens (including phenoxy) is 1. The maximum atomic E-state index is 11.2. The van der Waals surface area contributed by atoms with Gasteiger partial charge in [-0.25, -0.2) is 0 Å². The summed E-state index contributed by atoms with van der Waals surface area (Å²) in [5.41, 5.74) is 0.566. The van der Waals surface area contributed by atoms with Gasteiger partial charge in [-0.1, -0.05) is 23.2 Å². The van der Waals surface area contributed by atoms with Crippen LogP contribution in [0.15, 0.2) is 23.7 Å². The van der Waals surface area contributed by atoms with Crippen LogP contribution in [-0.2, 0) is 0 Å². The molecule has 0 saturated carbocycles. The van der Waals surface area contributed by atoms with Crippen LogP contribution >= 0.6 is 35.0 Å². The van der Waals surface area contributed by atoms with Gasteiger partial charge in [-0.05, 0) is 18.4 Å². The van der Waals surface area contributed by atoms with Gasteiger partial charge in [0, 0.05) is 17.6 Å². The van der Waals surface area contributed by atoms with E-state index in [4.69, 9.17) is 27.9 Å². The van der Waals surface area contributed by atoms with Crippen LogP contribution in [0.2, 0.25) is 10.0 Å². The van der Waals surface area contributed by atoms with E-state index in [2.05, 4.69) is 5.32 Å². The Morgan fingerprint density at radius 1 is 1.47 bits per heavy atom. The van der Waals surface area contributed by atoms with Crippen LogP contribution in [0.5, 0.6) is 5.75 Å². The van der Waals surface area contributed by atoms with Crippen molar-refractivity contribution in [2.75, 3.05) is 13.3 Å². The fraction of sp³-hybridized carbons (Fsp3) is 0.273. The van der Waals surface area contributed by atoms with E-state index in [1.807, 2.05) is 0 Å². The summed E-state index contributed by atoms with van der Waals surface area (Å²) in [6.07, 6.45) is 1.78. The van der Waals surface area contributed by atoms with Crippen molar-refractivity contribution in [3.63, 3.8) is 0 Å². The van der Waals surface area contributed by atoms with E-state index in [0.717, 1.165) is 0 Å². The van der Waals surface area contributed by atoms with Gasteiger partial charge in [-0.3, -0.25) is 10.1 Å². The average molecular weight is 321 g/mol. The lowest BCUT2D eigenvalue weighted by Crippen LogP contribution is -2.26. The molecule has 19 heavy (non-hydrogen) atoms. The second kappa shape index (κ2) is 5.48. The molecule has 0 aromatic heterocycles. The topological polar surface area (TPSA) is 64.4 Å². The molecule has 1 unspecified atom stereocenters. The first-order chi connectivity index (χ1) is 8.99. The summed E-state index contributed by atoms with van der Waals surface area (Å²) >= 11 is 13.4. The smallest absolute Gasteiger partial charge is 0.323 e. The van der Waals surface area contributed by atoms with Crippen molar-refractivity contribution in [1.82, 2.24) is 5.32 Å². The summed E-state index contributed by atoms with van der Waals surface area (Å²) in [6.45, 7) is 0. The van der Waals surface area contributed by atoms with E-state index >= 15 is 0 Å². The molecule has 1 aromatic carbocycles. The summed E-state index contributed by atoms with van der Waals surface area (Å²) < 4.78 is 5.50. The third-order valence-electron chi connectivity index (χ3n) is 2.66. The molecule has 1 aromatic rings. The van der Waals surface area contributed by atoms with Crippen molar-refractivity contribution < 1.29 is 9.66 Å². The Balaban J connectivity index is 2.66. The lowest BCUT2D eigenvalue weighted by molar-refractivity contribution is -0.431. The van der Waals surface area contributed by atoms with Gasteiger partial charge in [0.05, 0.1) is 9.95 Å². The first-order valence-corrected chi connectivity index (χ1v) is 7.29. The maximum absolute atomic E-state index is 11.2. The van der Waals surface area contributed by atoms with Gasteiger partial charge >= 0.3 is 5.70 Å². The summed E-state index contributed by atoms with van der Waals surface area (Å²) in [5, 5.41) is 14.2. The monoisotopic (exact) mass is 320 g/mol. The predicted molar refractivity (Wildman–Crippen MR) is 76.4 cm³/mol. The zero-order valence-corrected chi connectivity index (χ0v) is 12.4. The highest BCUT2D eigenvalue weighted by Crippen LogP contribution is 2.48. The highest BCUT2D eigenvalue weighted by atomic mass is 35.5. The molecule has 1 heterocycles. The molecule has 0 bridgehead atoms. The zero-order valence-electron chi connectivity index (χ0n) is 10.1. The van der Waals surface area contributed by atoms with Gasteiger partial charge < -0.3 is 10.1 Å². The van der Waals surface area contributed by atoms with Gasteiger partial charge in [0.25, 0.3) is 5.88 Å². The summed E-state index contributed by atoms with van der Waals surface area (Å²) in [6, 6.07) is 3.18. The summed E-state index contributed by atoms with van der Waals surface area (Å²) in [7, 11) is 1.56. The number of nitro groups is 1. The summed E-state index contributed by atoms with van der Waals surface area (Å²) in [4.78, 5) is 10.8. The molecule has 0 radical (unpaired) electrons. The van der Waals surface area contributed by atoms with Crippen LogP contribution in [-0.4, -0.2) is 18.2 Å². The first kappa shape index (κ1) is 14.3. The molecule has 0 amide bonds. The Kier molecular flexibility index (Phi) is 4.13. The van der Waals surface area contributed by atoms with Crippen molar-refractivity contribution >= 4 is 35.0 Å². The molecular weight excluding hydrogens is 311 g/mol. The lowest BCUT2D eigenvalue weighted by Gasteiger charge is -2.25. The zero-order chi connectivity index (χ0) is 14.2. The number of benzene rings is 1. The van der Waals surface area contributed by atoms with E-state index in [1.54, 1.807) is 25.4 Å². The third-order valence-corrected chi connectivity index (χ3v) is 4.11. The number of hydrogen-bond donors (Lipinski definition) is 1. The largest absolute Gasteiger partial charge is 0.434 e. The minimum Gasteiger partial charge on any atom is -0.434 e. The second-order valence-corrected chi connectivity index (χ2v) is 5.53. The van der Waals surface area contributed by atoms with Gasteiger partial charge in [-0.15, -0.1) is 11.8 Å². The molecule has 1 aliphatic rings. The molecular formula is C11H10Cl2N2O3S. The van der Waals surface area contributed by atoms with E-state index in [0.29, 0.717) is 21.4 Å². The van der Waals surface area contributed by atoms with Gasteiger partial charge in [0.2, 0.25) is 0 Å². The lowest BCUT2D eigenvalue weighted by atomic mass is 10.1.